The second kappa shape index (κ2) is 10.5. The zero-order valence-electron chi connectivity index (χ0n) is 14.6. The Labute approximate surface area is 155 Å². The van der Waals surface area contributed by atoms with Gasteiger partial charge in [-0.05, 0) is 32.9 Å². The molecule has 0 fully saturated rings. The largest absolute Gasteiger partial charge is 0.351 e. The number of nitrogens with zero attached hydrogens (tertiary/aromatic N) is 3. The summed E-state index contributed by atoms with van der Waals surface area (Å²) >= 11 is 0. The van der Waals surface area contributed by atoms with Gasteiger partial charge < -0.3 is 10.6 Å². The number of carbonyl (C=O) groups excluding carboxylic acids is 1. The van der Waals surface area contributed by atoms with E-state index in [2.05, 4.69) is 34.6 Å². The van der Waals surface area contributed by atoms with Crippen molar-refractivity contribution in [3.05, 3.63) is 23.5 Å². The molecule has 0 radical (unpaired) electrons. The minimum atomic E-state index is -0.0721. The van der Waals surface area contributed by atoms with Gasteiger partial charge in [0.1, 0.15) is 0 Å². The molecule has 1 amide bonds. The Morgan fingerprint density at radius 2 is 2.00 bits per heavy atom. The van der Waals surface area contributed by atoms with E-state index in [0.717, 1.165) is 36.2 Å². The van der Waals surface area contributed by atoms with Crippen LogP contribution in [0.3, 0.4) is 0 Å². The molecule has 0 aliphatic carbocycles. The second-order valence-corrected chi connectivity index (χ2v) is 5.50. The van der Waals surface area contributed by atoms with E-state index < -0.39 is 0 Å². The quantitative estimate of drug-likeness (QED) is 0.729. The summed E-state index contributed by atoms with van der Waals surface area (Å²) in [5, 5.41) is 11.4. The normalized spacial score (nSPS) is 11.5. The third kappa shape index (κ3) is 5.06. The van der Waals surface area contributed by atoms with Crippen LogP contribution in [-0.4, -0.2) is 40.3 Å². The van der Waals surface area contributed by atoms with Gasteiger partial charge in [-0.25, -0.2) is 9.67 Å². The average molecular weight is 376 g/mol. The van der Waals surface area contributed by atoms with Crippen LogP contribution in [0.1, 0.15) is 49.3 Å². The topological polar surface area (TPSA) is 71.8 Å². The van der Waals surface area contributed by atoms with Gasteiger partial charge in [-0.2, -0.15) is 5.10 Å². The number of hydrogen-bond donors (Lipinski definition) is 2. The molecule has 24 heavy (non-hydrogen) atoms. The van der Waals surface area contributed by atoms with Crippen LogP contribution < -0.4 is 10.6 Å². The number of fused-ring (bicyclic) bond motifs is 1. The summed E-state index contributed by atoms with van der Waals surface area (Å²) in [5.41, 5.74) is 2.26. The lowest BCUT2D eigenvalue weighted by atomic mass is 10.1. The van der Waals surface area contributed by atoms with Crippen LogP contribution in [0.25, 0.3) is 11.0 Å². The Morgan fingerprint density at radius 1 is 1.29 bits per heavy atom. The summed E-state index contributed by atoms with van der Waals surface area (Å²) in [4.78, 5) is 17.0. The predicted molar refractivity (Wildman–Crippen MR) is 103 cm³/mol. The standard InChI is InChI=1S/C16H25N5O.2ClH/c1-5-12(4)21-15-14(10-19-21)13(9-11(3)20-15)16(22)18-8-7-17-6-2;;/h9-10,12,17H,5-8H2,1-4H3,(H,18,22);2*1H. The van der Waals surface area contributed by atoms with Crippen LogP contribution >= 0.6 is 24.8 Å². The number of hydrogen-bond acceptors (Lipinski definition) is 4. The molecule has 2 rings (SSSR count). The number of halogens is 2. The summed E-state index contributed by atoms with van der Waals surface area (Å²) in [7, 11) is 0. The van der Waals surface area contributed by atoms with Gasteiger partial charge in [-0.15, -0.1) is 24.8 Å². The van der Waals surface area contributed by atoms with Crippen molar-refractivity contribution in [2.45, 2.75) is 40.2 Å². The highest BCUT2D eigenvalue weighted by Crippen LogP contribution is 2.22. The van der Waals surface area contributed by atoms with Gasteiger partial charge >= 0.3 is 0 Å². The molecule has 2 aromatic rings. The highest BCUT2D eigenvalue weighted by molar-refractivity contribution is 6.05. The van der Waals surface area contributed by atoms with Gasteiger partial charge in [0.15, 0.2) is 5.65 Å². The predicted octanol–water partition coefficient (Wildman–Crippen LogP) is 2.89. The van der Waals surface area contributed by atoms with Crippen LogP contribution in [-0.2, 0) is 0 Å². The molecule has 2 heterocycles. The summed E-state index contributed by atoms with van der Waals surface area (Å²) in [6.07, 6.45) is 2.71. The number of rotatable bonds is 7. The number of nitrogens with one attached hydrogen (secondary N) is 2. The molecule has 0 saturated carbocycles. The third-order valence-corrected chi connectivity index (χ3v) is 3.79. The summed E-state index contributed by atoms with van der Waals surface area (Å²) in [5.74, 6) is -0.0721. The Bertz CT molecular complexity index is 659. The Hall–Kier alpha value is -1.37. The van der Waals surface area contributed by atoms with Crippen LogP contribution in [0.15, 0.2) is 12.3 Å². The molecular weight excluding hydrogens is 349 g/mol. The van der Waals surface area contributed by atoms with E-state index in [1.54, 1.807) is 6.20 Å². The Kier molecular flexibility index (Phi) is 9.89. The van der Waals surface area contributed by atoms with Gasteiger partial charge in [-0.1, -0.05) is 13.8 Å². The van der Waals surface area contributed by atoms with Crippen LogP contribution in [0.2, 0.25) is 0 Å². The van der Waals surface area contributed by atoms with Crippen molar-refractivity contribution in [1.82, 2.24) is 25.4 Å². The lowest BCUT2D eigenvalue weighted by Gasteiger charge is -2.11. The minimum absolute atomic E-state index is 0. The van der Waals surface area contributed by atoms with Crippen LogP contribution in [0, 0.1) is 6.92 Å². The van der Waals surface area contributed by atoms with Crippen molar-refractivity contribution >= 4 is 41.8 Å². The smallest absolute Gasteiger partial charge is 0.252 e. The van der Waals surface area contributed by atoms with E-state index in [9.17, 15) is 4.79 Å². The van der Waals surface area contributed by atoms with Crippen molar-refractivity contribution in [2.24, 2.45) is 0 Å². The summed E-state index contributed by atoms with van der Waals surface area (Å²) in [6, 6.07) is 2.09. The van der Waals surface area contributed by atoms with Gasteiger partial charge in [0.25, 0.3) is 5.91 Å². The summed E-state index contributed by atoms with van der Waals surface area (Å²) < 4.78 is 1.90. The summed E-state index contributed by atoms with van der Waals surface area (Å²) in [6.45, 7) is 10.4. The lowest BCUT2D eigenvalue weighted by molar-refractivity contribution is 0.0955. The van der Waals surface area contributed by atoms with E-state index in [0.29, 0.717) is 12.1 Å². The van der Waals surface area contributed by atoms with E-state index in [-0.39, 0.29) is 36.8 Å². The molecule has 0 aliphatic heterocycles. The van der Waals surface area contributed by atoms with E-state index in [4.69, 9.17) is 0 Å². The van der Waals surface area contributed by atoms with E-state index in [1.807, 2.05) is 24.6 Å². The number of pyridine rings is 1. The first-order chi connectivity index (χ1) is 10.6. The molecule has 1 unspecified atom stereocenters. The van der Waals surface area contributed by atoms with E-state index in [1.165, 1.54) is 0 Å². The molecule has 1 atom stereocenters. The molecule has 2 N–H and O–H groups in total. The van der Waals surface area contributed by atoms with Crippen LogP contribution in [0.4, 0.5) is 0 Å². The Balaban J connectivity index is 0.00000264. The molecule has 8 heteroatoms. The third-order valence-electron chi connectivity index (χ3n) is 3.79. The number of amides is 1. The maximum Gasteiger partial charge on any atom is 0.252 e. The van der Waals surface area contributed by atoms with Gasteiger partial charge in [-0.3, -0.25) is 4.79 Å². The minimum Gasteiger partial charge on any atom is -0.351 e. The lowest BCUT2D eigenvalue weighted by Crippen LogP contribution is -2.31. The molecule has 0 aliphatic rings. The van der Waals surface area contributed by atoms with Crippen molar-refractivity contribution in [1.29, 1.82) is 0 Å². The molecule has 0 aromatic carbocycles. The first-order valence-corrected chi connectivity index (χ1v) is 7.92. The fourth-order valence-corrected chi connectivity index (χ4v) is 2.36. The molecule has 0 saturated heterocycles. The number of aromatic nitrogens is 3. The molecule has 0 bridgehead atoms. The maximum absolute atomic E-state index is 12.4. The highest BCUT2D eigenvalue weighted by Gasteiger charge is 2.17. The molecular formula is C16H27Cl2N5O. The van der Waals surface area contributed by atoms with Gasteiger partial charge in [0.05, 0.1) is 23.2 Å². The Morgan fingerprint density at radius 3 is 2.62 bits per heavy atom. The van der Waals surface area contributed by atoms with E-state index >= 15 is 0 Å². The molecule has 0 spiro atoms. The second-order valence-electron chi connectivity index (χ2n) is 5.50. The van der Waals surface area contributed by atoms with Crippen molar-refractivity contribution in [3.63, 3.8) is 0 Å². The zero-order valence-corrected chi connectivity index (χ0v) is 16.3. The fraction of sp³-hybridized carbons (Fsp3) is 0.562. The van der Waals surface area contributed by atoms with Gasteiger partial charge in [0, 0.05) is 18.8 Å². The van der Waals surface area contributed by atoms with Crippen molar-refractivity contribution < 1.29 is 4.79 Å². The fourth-order valence-electron chi connectivity index (χ4n) is 2.36. The van der Waals surface area contributed by atoms with Gasteiger partial charge in [0.2, 0.25) is 0 Å². The SMILES string of the molecule is CCNCCNC(=O)c1cc(C)nc2c1cnn2C(C)CC.Cl.Cl. The van der Waals surface area contributed by atoms with Crippen molar-refractivity contribution in [2.75, 3.05) is 19.6 Å². The van der Waals surface area contributed by atoms with Crippen molar-refractivity contribution in [3.8, 4) is 0 Å². The number of likely N-dealkylation sites (N-methyl/N-ethyl adjacent to an activating group) is 1. The first kappa shape index (κ1) is 22.6. The van der Waals surface area contributed by atoms with Crippen LogP contribution in [0.5, 0.6) is 0 Å². The first-order valence-electron chi connectivity index (χ1n) is 7.92. The molecule has 2 aromatic heterocycles. The number of aryl methyl sites for hydroxylation is 1. The average Bonchev–Trinajstić information content (AvgIpc) is 2.93. The molecule has 6 nitrogen and oxygen atoms in total. The molecule has 136 valence electrons. The highest BCUT2D eigenvalue weighted by atomic mass is 35.5. The maximum atomic E-state index is 12.4. The number of carbonyl (C=O) groups is 1. The monoisotopic (exact) mass is 375 g/mol. The zero-order chi connectivity index (χ0) is 16.1.